The third-order valence-electron chi connectivity index (χ3n) is 4.43. The highest BCUT2D eigenvalue weighted by atomic mass is 19.4. The first-order chi connectivity index (χ1) is 9.95. The fourth-order valence-electron chi connectivity index (χ4n) is 3.39. The molecule has 6 heteroatoms. The van der Waals surface area contributed by atoms with Gasteiger partial charge in [-0.15, -0.1) is 0 Å². The van der Waals surface area contributed by atoms with E-state index in [2.05, 4.69) is 17.3 Å². The highest BCUT2D eigenvalue weighted by Crippen LogP contribution is 2.43. The molecule has 0 amide bonds. The molecule has 3 atom stereocenters. The molecule has 1 N–H and O–H groups in total. The predicted molar refractivity (Wildman–Crippen MR) is 75.8 cm³/mol. The van der Waals surface area contributed by atoms with Crippen LogP contribution in [0.3, 0.4) is 0 Å². The summed E-state index contributed by atoms with van der Waals surface area (Å²) in [7, 11) is 1.82. The summed E-state index contributed by atoms with van der Waals surface area (Å²) in [6, 6.07) is -0.0410. The van der Waals surface area contributed by atoms with Crippen molar-refractivity contribution in [2.45, 2.75) is 57.8 Å². The molecule has 0 saturated heterocycles. The number of nitrogens with one attached hydrogen (secondary N) is 1. The lowest BCUT2D eigenvalue weighted by molar-refractivity contribution is -0.186. The van der Waals surface area contributed by atoms with Gasteiger partial charge in [0.15, 0.2) is 0 Å². The van der Waals surface area contributed by atoms with Gasteiger partial charge in [0.1, 0.15) is 0 Å². The van der Waals surface area contributed by atoms with E-state index >= 15 is 0 Å². The number of halogens is 3. The molecule has 1 aromatic heterocycles. The predicted octanol–water partition coefficient (Wildman–Crippen LogP) is 3.92. The van der Waals surface area contributed by atoms with E-state index in [1.54, 1.807) is 6.20 Å². The first kappa shape index (κ1) is 16.3. The van der Waals surface area contributed by atoms with Crippen LogP contribution in [0.2, 0.25) is 0 Å². The molecule has 1 aromatic rings. The zero-order valence-corrected chi connectivity index (χ0v) is 12.7. The van der Waals surface area contributed by atoms with Gasteiger partial charge in [-0.25, -0.2) is 0 Å². The van der Waals surface area contributed by atoms with E-state index in [4.69, 9.17) is 0 Å². The van der Waals surface area contributed by atoms with Crippen molar-refractivity contribution >= 4 is 0 Å². The second kappa shape index (κ2) is 6.81. The molecule has 1 aliphatic carbocycles. The maximum absolute atomic E-state index is 13.0. The number of hydrogen-bond acceptors (Lipinski definition) is 2. The SMILES string of the molecule is CCCn1cc(C(NC)C2CCCC(C(F)(F)F)C2)cn1. The smallest absolute Gasteiger partial charge is 0.313 e. The maximum Gasteiger partial charge on any atom is 0.391 e. The van der Waals surface area contributed by atoms with E-state index in [1.165, 1.54) is 0 Å². The molecule has 1 saturated carbocycles. The lowest BCUT2D eigenvalue weighted by Crippen LogP contribution is -2.34. The van der Waals surface area contributed by atoms with Gasteiger partial charge in [-0.2, -0.15) is 18.3 Å². The Morgan fingerprint density at radius 1 is 1.43 bits per heavy atom. The normalized spacial score (nSPS) is 25.0. The molecule has 21 heavy (non-hydrogen) atoms. The van der Waals surface area contributed by atoms with Crippen molar-refractivity contribution in [1.82, 2.24) is 15.1 Å². The van der Waals surface area contributed by atoms with Crippen molar-refractivity contribution in [2.24, 2.45) is 11.8 Å². The third kappa shape index (κ3) is 3.99. The Morgan fingerprint density at radius 2 is 2.19 bits per heavy atom. The van der Waals surface area contributed by atoms with Crippen LogP contribution in [0.4, 0.5) is 13.2 Å². The van der Waals surface area contributed by atoms with Crippen molar-refractivity contribution in [2.75, 3.05) is 7.05 Å². The monoisotopic (exact) mass is 303 g/mol. The van der Waals surface area contributed by atoms with Crippen molar-refractivity contribution < 1.29 is 13.2 Å². The minimum Gasteiger partial charge on any atom is -0.313 e. The number of aromatic nitrogens is 2. The van der Waals surface area contributed by atoms with E-state index in [1.807, 2.05) is 17.9 Å². The average molecular weight is 303 g/mol. The highest BCUT2D eigenvalue weighted by Gasteiger charge is 2.43. The molecule has 3 unspecified atom stereocenters. The first-order valence-electron chi connectivity index (χ1n) is 7.72. The molecule has 1 heterocycles. The molecular formula is C15H24F3N3. The molecule has 1 aliphatic rings. The second-order valence-electron chi connectivity index (χ2n) is 5.97. The Morgan fingerprint density at radius 3 is 2.81 bits per heavy atom. The van der Waals surface area contributed by atoms with Gasteiger partial charge < -0.3 is 5.32 Å². The summed E-state index contributed by atoms with van der Waals surface area (Å²) in [5.74, 6) is -1.13. The molecule has 3 nitrogen and oxygen atoms in total. The number of rotatable bonds is 5. The maximum atomic E-state index is 13.0. The molecule has 0 bridgehead atoms. The van der Waals surface area contributed by atoms with Gasteiger partial charge in [0, 0.05) is 24.3 Å². The van der Waals surface area contributed by atoms with Gasteiger partial charge in [-0.05, 0) is 38.6 Å². The third-order valence-corrected chi connectivity index (χ3v) is 4.43. The van der Waals surface area contributed by atoms with Crippen LogP contribution < -0.4 is 5.32 Å². The van der Waals surface area contributed by atoms with Crippen LogP contribution in [0.1, 0.15) is 50.6 Å². The summed E-state index contributed by atoms with van der Waals surface area (Å²) in [5.41, 5.74) is 0.999. The van der Waals surface area contributed by atoms with Gasteiger partial charge in [-0.3, -0.25) is 4.68 Å². The summed E-state index contributed by atoms with van der Waals surface area (Å²) in [6.07, 6.45) is 2.65. The Hall–Kier alpha value is -1.04. The molecule has 120 valence electrons. The average Bonchev–Trinajstić information content (AvgIpc) is 2.88. The van der Waals surface area contributed by atoms with Gasteiger partial charge >= 0.3 is 6.18 Å². The van der Waals surface area contributed by atoms with Crippen LogP contribution in [0.15, 0.2) is 12.4 Å². The molecule has 0 radical (unpaired) electrons. The van der Waals surface area contributed by atoms with E-state index in [-0.39, 0.29) is 24.8 Å². The topological polar surface area (TPSA) is 29.9 Å². The number of nitrogens with zero attached hydrogens (tertiary/aromatic N) is 2. The summed E-state index contributed by atoms with van der Waals surface area (Å²) >= 11 is 0. The zero-order chi connectivity index (χ0) is 15.5. The minimum absolute atomic E-state index is 0.0228. The van der Waals surface area contributed by atoms with Crippen LogP contribution in [0.25, 0.3) is 0 Å². The molecule has 0 spiro atoms. The lowest BCUT2D eigenvalue weighted by atomic mass is 9.76. The molecule has 0 aliphatic heterocycles. The van der Waals surface area contributed by atoms with Gasteiger partial charge in [-0.1, -0.05) is 13.3 Å². The van der Waals surface area contributed by atoms with Crippen molar-refractivity contribution in [3.63, 3.8) is 0 Å². The van der Waals surface area contributed by atoms with Gasteiger partial charge in [0.2, 0.25) is 0 Å². The van der Waals surface area contributed by atoms with Crippen LogP contribution in [0.5, 0.6) is 0 Å². The molecule has 2 rings (SSSR count). The fraction of sp³-hybridized carbons (Fsp3) is 0.800. The largest absolute Gasteiger partial charge is 0.391 e. The summed E-state index contributed by atoms with van der Waals surface area (Å²) < 4.78 is 40.7. The highest BCUT2D eigenvalue weighted by molar-refractivity contribution is 5.12. The first-order valence-corrected chi connectivity index (χ1v) is 7.72. The summed E-state index contributed by atoms with van der Waals surface area (Å²) in [6.45, 7) is 2.91. The Kier molecular flexibility index (Phi) is 5.30. The summed E-state index contributed by atoms with van der Waals surface area (Å²) in [4.78, 5) is 0. The minimum atomic E-state index is -4.07. The second-order valence-corrected chi connectivity index (χ2v) is 5.97. The fourth-order valence-corrected chi connectivity index (χ4v) is 3.39. The van der Waals surface area contributed by atoms with Crippen molar-refractivity contribution in [1.29, 1.82) is 0 Å². The zero-order valence-electron chi connectivity index (χ0n) is 12.7. The number of hydrogen-bond donors (Lipinski definition) is 1. The van der Waals surface area contributed by atoms with Gasteiger partial charge in [0.25, 0.3) is 0 Å². The molecule has 0 aromatic carbocycles. The Labute approximate surface area is 123 Å². The quantitative estimate of drug-likeness (QED) is 0.893. The van der Waals surface area contributed by atoms with Crippen LogP contribution in [-0.4, -0.2) is 23.0 Å². The number of alkyl halides is 3. The number of aryl methyl sites for hydroxylation is 1. The van der Waals surface area contributed by atoms with Crippen LogP contribution in [-0.2, 0) is 6.54 Å². The summed E-state index contributed by atoms with van der Waals surface area (Å²) in [5, 5.41) is 7.49. The van der Waals surface area contributed by atoms with E-state index in [0.29, 0.717) is 6.42 Å². The van der Waals surface area contributed by atoms with E-state index < -0.39 is 12.1 Å². The molecular weight excluding hydrogens is 279 g/mol. The van der Waals surface area contributed by atoms with E-state index in [9.17, 15) is 13.2 Å². The van der Waals surface area contributed by atoms with Crippen LogP contribution in [0, 0.1) is 11.8 Å². The molecule has 1 fully saturated rings. The standard InChI is InChI=1S/C15H24F3N3/c1-3-7-21-10-12(9-20-21)14(19-2)11-5-4-6-13(8-11)15(16,17)18/h9-11,13-14,19H,3-8H2,1-2H3. The van der Waals surface area contributed by atoms with Gasteiger partial charge in [0.05, 0.1) is 12.1 Å². The lowest BCUT2D eigenvalue weighted by Gasteiger charge is -2.35. The van der Waals surface area contributed by atoms with Crippen molar-refractivity contribution in [3.05, 3.63) is 18.0 Å². The van der Waals surface area contributed by atoms with E-state index in [0.717, 1.165) is 24.9 Å². The van der Waals surface area contributed by atoms with Crippen LogP contribution >= 0.6 is 0 Å². The Balaban J connectivity index is 2.09. The van der Waals surface area contributed by atoms with Crippen molar-refractivity contribution in [3.8, 4) is 0 Å². The Bertz CT molecular complexity index is 442.